The molecule has 1 atom stereocenters. The van der Waals surface area contributed by atoms with E-state index in [1.54, 1.807) is 23.1 Å². The Labute approximate surface area is 210 Å². The van der Waals surface area contributed by atoms with Crippen molar-refractivity contribution in [3.05, 3.63) is 126 Å². The third kappa shape index (κ3) is 5.39. The zero-order chi connectivity index (χ0) is 24.7. The number of benzene rings is 4. The van der Waals surface area contributed by atoms with Gasteiger partial charge in [0.15, 0.2) is 11.5 Å². The maximum absolute atomic E-state index is 13.8. The molecule has 6 heteroatoms. The first-order valence-corrected chi connectivity index (χ1v) is 11.8. The van der Waals surface area contributed by atoms with E-state index in [1.807, 2.05) is 91.0 Å². The molecule has 0 spiro atoms. The van der Waals surface area contributed by atoms with Crippen LogP contribution in [0.15, 0.2) is 109 Å². The van der Waals surface area contributed by atoms with Crippen LogP contribution in [-0.4, -0.2) is 23.5 Å². The standard InChI is InChI=1S/C30H26N2O4/c33-28(18-22-10-4-1-5-11-22)32(20-23-12-6-2-7-13-23)29(24-14-8-3-9-15-24)30(34)31-25-16-17-26-27(19-25)36-21-35-26/h1-17,19,29H,18,20-21H2,(H,31,34)/t29-/m0/s1. The number of hydrogen-bond donors (Lipinski definition) is 1. The fourth-order valence-corrected chi connectivity index (χ4v) is 4.27. The average Bonchev–Trinajstić information content (AvgIpc) is 3.38. The molecule has 1 N–H and O–H groups in total. The number of ether oxygens (including phenoxy) is 2. The van der Waals surface area contributed by atoms with Crippen LogP contribution in [0.1, 0.15) is 22.7 Å². The minimum Gasteiger partial charge on any atom is -0.454 e. The highest BCUT2D eigenvalue weighted by molar-refractivity contribution is 5.98. The number of carbonyl (C=O) groups excluding carboxylic acids is 2. The van der Waals surface area contributed by atoms with Crippen LogP contribution in [0.2, 0.25) is 0 Å². The second-order valence-electron chi connectivity index (χ2n) is 8.54. The molecule has 0 aromatic heterocycles. The maximum Gasteiger partial charge on any atom is 0.251 e. The molecule has 0 aliphatic carbocycles. The van der Waals surface area contributed by atoms with Gasteiger partial charge in [-0.1, -0.05) is 91.0 Å². The van der Waals surface area contributed by atoms with E-state index in [2.05, 4.69) is 5.32 Å². The largest absolute Gasteiger partial charge is 0.454 e. The van der Waals surface area contributed by atoms with E-state index in [0.717, 1.165) is 16.7 Å². The van der Waals surface area contributed by atoms with E-state index in [4.69, 9.17) is 9.47 Å². The highest BCUT2D eigenvalue weighted by Gasteiger charge is 2.32. The highest BCUT2D eigenvalue weighted by Crippen LogP contribution is 2.35. The molecule has 0 saturated heterocycles. The Balaban J connectivity index is 1.49. The van der Waals surface area contributed by atoms with Crippen LogP contribution in [0, 0.1) is 0 Å². The van der Waals surface area contributed by atoms with Crippen molar-refractivity contribution >= 4 is 17.5 Å². The molecule has 2 amide bonds. The summed E-state index contributed by atoms with van der Waals surface area (Å²) in [6.07, 6.45) is 0.189. The molecule has 180 valence electrons. The van der Waals surface area contributed by atoms with Crippen LogP contribution < -0.4 is 14.8 Å². The van der Waals surface area contributed by atoms with Crippen molar-refractivity contribution in [2.45, 2.75) is 19.0 Å². The van der Waals surface area contributed by atoms with Crippen LogP contribution in [0.4, 0.5) is 5.69 Å². The van der Waals surface area contributed by atoms with E-state index in [1.165, 1.54) is 0 Å². The first-order valence-electron chi connectivity index (χ1n) is 11.8. The molecule has 0 fully saturated rings. The van der Waals surface area contributed by atoms with E-state index < -0.39 is 6.04 Å². The smallest absolute Gasteiger partial charge is 0.251 e. The SMILES string of the molecule is O=C(Nc1ccc2c(c1)OCO2)[C@H](c1ccccc1)N(Cc1ccccc1)C(=O)Cc1ccccc1. The van der Waals surface area contributed by atoms with Gasteiger partial charge in [-0.25, -0.2) is 0 Å². The number of amides is 2. The van der Waals surface area contributed by atoms with Crippen molar-refractivity contribution in [1.82, 2.24) is 4.90 Å². The van der Waals surface area contributed by atoms with E-state index in [-0.39, 0.29) is 25.0 Å². The Morgan fingerprint density at radius 1 is 0.750 bits per heavy atom. The summed E-state index contributed by atoms with van der Waals surface area (Å²) in [4.78, 5) is 29.2. The third-order valence-corrected chi connectivity index (χ3v) is 6.03. The zero-order valence-corrected chi connectivity index (χ0v) is 19.7. The average molecular weight is 479 g/mol. The van der Waals surface area contributed by atoms with Gasteiger partial charge >= 0.3 is 0 Å². The molecule has 0 bridgehead atoms. The molecule has 36 heavy (non-hydrogen) atoms. The first-order chi connectivity index (χ1) is 17.7. The fourth-order valence-electron chi connectivity index (χ4n) is 4.27. The Morgan fingerprint density at radius 2 is 1.36 bits per heavy atom. The lowest BCUT2D eigenvalue weighted by Crippen LogP contribution is -2.41. The van der Waals surface area contributed by atoms with Gasteiger partial charge < -0.3 is 19.7 Å². The first kappa shape index (κ1) is 23.2. The quantitative estimate of drug-likeness (QED) is 0.370. The molecular formula is C30H26N2O4. The Morgan fingerprint density at radius 3 is 2.06 bits per heavy atom. The number of fused-ring (bicyclic) bond motifs is 1. The lowest BCUT2D eigenvalue weighted by molar-refractivity contribution is -0.139. The van der Waals surface area contributed by atoms with Crippen LogP contribution in [0.25, 0.3) is 0 Å². The maximum atomic E-state index is 13.8. The third-order valence-electron chi connectivity index (χ3n) is 6.03. The summed E-state index contributed by atoms with van der Waals surface area (Å²) in [5, 5.41) is 2.99. The van der Waals surface area contributed by atoms with Crippen LogP contribution in [0.5, 0.6) is 11.5 Å². The summed E-state index contributed by atoms with van der Waals surface area (Å²) >= 11 is 0. The predicted octanol–water partition coefficient (Wildman–Crippen LogP) is 5.37. The summed E-state index contributed by atoms with van der Waals surface area (Å²) in [6.45, 7) is 0.443. The number of hydrogen-bond acceptors (Lipinski definition) is 4. The summed E-state index contributed by atoms with van der Waals surface area (Å²) in [5.41, 5.74) is 3.13. The molecule has 0 unspecified atom stereocenters. The van der Waals surface area contributed by atoms with E-state index in [0.29, 0.717) is 23.7 Å². The second kappa shape index (κ2) is 10.8. The molecule has 5 rings (SSSR count). The van der Waals surface area contributed by atoms with E-state index >= 15 is 0 Å². The molecule has 0 radical (unpaired) electrons. The Hall–Kier alpha value is -4.58. The highest BCUT2D eigenvalue weighted by atomic mass is 16.7. The van der Waals surface area contributed by atoms with Gasteiger partial charge in [-0.05, 0) is 28.8 Å². The zero-order valence-electron chi connectivity index (χ0n) is 19.7. The van der Waals surface area contributed by atoms with Crippen molar-refractivity contribution in [3.63, 3.8) is 0 Å². The lowest BCUT2D eigenvalue weighted by Gasteiger charge is -2.32. The van der Waals surface area contributed by atoms with Gasteiger partial charge in [0.1, 0.15) is 6.04 Å². The molecule has 1 aliphatic rings. The number of anilines is 1. The van der Waals surface area contributed by atoms with Crippen molar-refractivity contribution in [3.8, 4) is 11.5 Å². The molecule has 0 saturated carbocycles. The second-order valence-corrected chi connectivity index (χ2v) is 8.54. The van der Waals surface area contributed by atoms with Gasteiger partial charge in [0.2, 0.25) is 12.7 Å². The molecule has 1 heterocycles. The van der Waals surface area contributed by atoms with Crippen LogP contribution in [-0.2, 0) is 22.6 Å². The van der Waals surface area contributed by atoms with Gasteiger partial charge in [0, 0.05) is 18.3 Å². The molecule has 4 aromatic carbocycles. The van der Waals surface area contributed by atoms with Gasteiger partial charge in [-0.15, -0.1) is 0 Å². The minimum absolute atomic E-state index is 0.139. The summed E-state index contributed by atoms with van der Waals surface area (Å²) in [6, 6.07) is 33.1. The summed E-state index contributed by atoms with van der Waals surface area (Å²) < 4.78 is 10.8. The molecule has 1 aliphatic heterocycles. The number of nitrogens with zero attached hydrogens (tertiary/aromatic N) is 1. The van der Waals surface area contributed by atoms with Crippen molar-refractivity contribution in [2.24, 2.45) is 0 Å². The minimum atomic E-state index is -0.840. The van der Waals surface area contributed by atoms with Gasteiger partial charge in [-0.3, -0.25) is 9.59 Å². The van der Waals surface area contributed by atoms with Crippen molar-refractivity contribution in [1.29, 1.82) is 0 Å². The predicted molar refractivity (Wildman–Crippen MR) is 138 cm³/mol. The fraction of sp³-hybridized carbons (Fsp3) is 0.133. The molecule has 6 nitrogen and oxygen atoms in total. The van der Waals surface area contributed by atoms with Gasteiger partial charge in [-0.2, -0.15) is 0 Å². The van der Waals surface area contributed by atoms with Gasteiger partial charge in [0.25, 0.3) is 5.91 Å². The van der Waals surface area contributed by atoms with E-state index in [9.17, 15) is 9.59 Å². The lowest BCUT2D eigenvalue weighted by atomic mass is 10.0. The van der Waals surface area contributed by atoms with Crippen LogP contribution >= 0.6 is 0 Å². The normalized spacial score (nSPS) is 12.6. The Bertz CT molecular complexity index is 1330. The Kier molecular flexibility index (Phi) is 6.94. The van der Waals surface area contributed by atoms with Gasteiger partial charge in [0.05, 0.1) is 6.42 Å². The number of carbonyl (C=O) groups is 2. The van der Waals surface area contributed by atoms with Crippen molar-refractivity contribution < 1.29 is 19.1 Å². The molecule has 4 aromatic rings. The topological polar surface area (TPSA) is 67.9 Å². The molecular weight excluding hydrogens is 452 g/mol. The summed E-state index contributed by atoms with van der Waals surface area (Å²) in [7, 11) is 0. The summed E-state index contributed by atoms with van der Waals surface area (Å²) in [5.74, 6) is 0.763. The van der Waals surface area contributed by atoms with Crippen LogP contribution in [0.3, 0.4) is 0 Å². The van der Waals surface area contributed by atoms with Crippen molar-refractivity contribution in [2.75, 3.05) is 12.1 Å². The number of rotatable bonds is 8. The number of nitrogens with one attached hydrogen (secondary N) is 1. The monoisotopic (exact) mass is 478 g/mol.